The van der Waals surface area contributed by atoms with Gasteiger partial charge < -0.3 is 5.11 Å². The minimum atomic E-state index is -0.750. The van der Waals surface area contributed by atoms with Crippen LogP contribution in [0, 0.1) is 5.92 Å². The van der Waals surface area contributed by atoms with E-state index in [2.05, 4.69) is 6.58 Å². The van der Waals surface area contributed by atoms with Crippen molar-refractivity contribution in [3.8, 4) is 0 Å². The molecule has 1 unspecified atom stereocenters. The first kappa shape index (κ1) is 13.8. The molecule has 92 valence electrons. The summed E-state index contributed by atoms with van der Waals surface area (Å²) in [4.78, 5) is 12.1. The Hall–Kier alpha value is -1.22. The average molecular weight is 250 g/mol. The summed E-state index contributed by atoms with van der Waals surface area (Å²) in [6.07, 6.45) is 2.70. The molecule has 2 nitrogen and oxygen atoms in total. The van der Waals surface area contributed by atoms with Gasteiger partial charge in [-0.15, -0.1) is 18.3 Å². The molecule has 1 aromatic rings. The first-order chi connectivity index (χ1) is 8.04. The molecule has 0 saturated carbocycles. The average Bonchev–Trinajstić information content (AvgIpc) is 2.27. The molecule has 3 heteroatoms. The van der Waals surface area contributed by atoms with E-state index in [-0.39, 0.29) is 11.2 Å². The number of allylic oxidation sites excluding steroid dienone is 1. The normalized spacial score (nSPS) is 12.4. The second-order valence-corrected chi connectivity index (χ2v) is 5.47. The predicted molar refractivity (Wildman–Crippen MR) is 72.5 cm³/mol. The monoisotopic (exact) mass is 250 g/mol. The van der Waals surface area contributed by atoms with Crippen LogP contribution >= 0.6 is 11.8 Å². The molecule has 1 atom stereocenters. The molecule has 1 aromatic carbocycles. The van der Waals surface area contributed by atoms with Gasteiger partial charge in [0, 0.05) is 4.90 Å². The van der Waals surface area contributed by atoms with Gasteiger partial charge in [0.1, 0.15) is 5.25 Å². The second kappa shape index (κ2) is 6.50. The zero-order valence-electron chi connectivity index (χ0n) is 10.2. The third-order valence-corrected chi connectivity index (χ3v) is 3.96. The fourth-order valence-electron chi connectivity index (χ4n) is 1.49. The summed E-state index contributed by atoms with van der Waals surface area (Å²) < 4.78 is 0. The van der Waals surface area contributed by atoms with E-state index in [4.69, 9.17) is 5.11 Å². The number of carboxylic acid groups (broad SMARTS) is 1. The molecule has 0 aliphatic rings. The number of benzene rings is 1. The number of carbonyl (C=O) groups is 1. The maximum Gasteiger partial charge on any atom is 0.317 e. The molecule has 0 fully saturated rings. The van der Waals surface area contributed by atoms with Crippen LogP contribution in [-0.4, -0.2) is 16.3 Å². The first-order valence-corrected chi connectivity index (χ1v) is 6.52. The molecule has 1 N–H and O–H groups in total. The number of rotatable bonds is 6. The van der Waals surface area contributed by atoms with Crippen LogP contribution in [0.3, 0.4) is 0 Å². The smallest absolute Gasteiger partial charge is 0.317 e. The summed E-state index contributed by atoms with van der Waals surface area (Å²) in [5, 5.41) is 8.72. The van der Waals surface area contributed by atoms with E-state index in [1.165, 1.54) is 17.3 Å². The summed E-state index contributed by atoms with van der Waals surface area (Å²) >= 11 is 1.41. The van der Waals surface area contributed by atoms with Crippen LogP contribution in [0.2, 0.25) is 0 Å². The van der Waals surface area contributed by atoms with Gasteiger partial charge in [-0.3, -0.25) is 4.79 Å². The molecule has 1 rings (SSSR count). The largest absolute Gasteiger partial charge is 0.480 e. The molecule has 0 aromatic heterocycles. The zero-order chi connectivity index (χ0) is 12.8. The van der Waals surface area contributed by atoms with Crippen molar-refractivity contribution in [3.63, 3.8) is 0 Å². The van der Waals surface area contributed by atoms with Gasteiger partial charge in [0.05, 0.1) is 0 Å². The van der Waals surface area contributed by atoms with E-state index in [9.17, 15) is 4.79 Å². The first-order valence-electron chi connectivity index (χ1n) is 5.64. The minimum absolute atomic E-state index is 0.116. The standard InChI is InChI=1S/C14H18O2S/c1-4-5-11-6-8-12(9-7-11)17-13(10(2)3)14(15)16/h4,6-10,13H,1,5H2,2-3H3,(H,15,16). The summed E-state index contributed by atoms with van der Waals surface area (Å²) in [7, 11) is 0. The van der Waals surface area contributed by atoms with Crippen LogP contribution < -0.4 is 0 Å². The van der Waals surface area contributed by atoms with Crippen molar-refractivity contribution >= 4 is 17.7 Å². The Morgan fingerprint density at radius 3 is 2.41 bits per heavy atom. The van der Waals surface area contributed by atoms with E-state index in [0.717, 1.165) is 11.3 Å². The highest BCUT2D eigenvalue weighted by molar-refractivity contribution is 8.00. The van der Waals surface area contributed by atoms with Crippen molar-refractivity contribution in [1.82, 2.24) is 0 Å². The minimum Gasteiger partial charge on any atom is -0.480 e. The zero-order valence-corrected chi connectivity index (χ0v) is 11.0. The van der Waals surface area contributed by atoms with Gasteiger partial charge in [-0.05, 0) is 30.0 Å². The predicted octanol–water partition coefficient (Wildman–Crippen LogP) is 3.62. The maximum atomic E-state index is 11.1. The summed E-state index contributed by atoms with van der Waals surface area (Å²) in [6.45, 7) is 7.55. The SMILES string of the molecule is C=CCc1ccc(SC(C(=O)O)C(C)C)cc1. The lowest BCUT2D eigenvalue weighted by molar-refractivity contribution is -0.137. The molecule has 0 saturated heterocycles. The van der Waals surface area contributed by atoms with Gasteiger partial charge >= 0.3 is 5.97 Å². The lowest BCUT2D eigenvalue weighted by atomic mass is 10.1. The Morgan fingerprint density at radius 2 is 2.00 bits per heavy atom. The van der Waals surface area contributed by atoms with Crippen LogP contribution in [0.1, 0.15) is 19.4 Å². The Kier molecular flexibility index (Phi) is 5.29. The quantitative estimate of drug-likeness (QED) is 0.619. The summed E-state index contributed by atoms with van der Waals surface area (Å²) in [5.41, 5.74) is 1.20. The Labute approximate surface area is 107 Å². The lowest BCUT2D eigenvalue weighted by Gasteiger charge is -2.15. The molecule has 0 bridgehead atoms. The van der Waals surface area contributed by atoms with Gasteiger partial charge in [-0.1, -0.05) is 32.1 Å². The van der Waals surface area contributed by atoms with Crippen LogP contribution in [-0.2, 0) is 11.2 Å². The highest BCUT2D eigenvalue weighted by Gasteiger charge is 2.22. The Bertz CT molecular complexity index is 382. The molecule has 0 aliphatic heterocycles. The number of carboxylic acids is 1. The van der Waals surface area contributed by atoms with Gasteiger partial charge in [0.2, 0.25) is 0 Å². The van der Waals surface area contributed by atoms with E-state index in [1.807, 2.05) is 44.2 Å². The maximum absolute atomic E-state index is 11.1. The fraction of sp³-hybridized carbons (Fsp3) is 0.357. The molecular weight excluding hydrogens is 232 g/mol. The van der Waals surface area contributed by atoms with Crippen LogP contribution in [0.5, 0.6) is 0 Å². The highest BCUT2D eigenvalue weighted by Crippen LogP contribution is 2.28. The third-order valence-electron chi connectivity index (χ3n) is 2.42. The van der Waals surface area contributed by atoms with E-state index in [0.29, 0.717) is 0 Å². The van der Waals surface area contributed by atoms with Gasteiger partial charge in [0.25, 0.3) is 0 Å². The Morgan fingerprint density at radius 1 is 1.41 bits per heavy atom. The topological polar surface area (TPSA) is 37.3 Å². The molecule has 17 heavy (non-hydrogen) atoms. The van der Waals surface area contributed by atoms with Crippen molar-refractivity contribution in [1.29, 1.82) is 0 Å². The summed E-state index contributed by atoms with van der Waals surface area (Å²) in [5.74, 6) is -0.634. The molecule has 0 spiro atoms. The number of hydrogen-bond acceptors (Lipinski definition) is 2. The number of hydrogen-bond donors (Lipinski definition) is 1. The summed E-state index contributed by atoms with van der Waals surface area (Å²) in [6, 6.07) is 7.98. The number of thioether (sulfide) groups is 1. The fourth-order valence-corrected chi connectivity index (χ4v) is 2.45. The molecular formula is C14H18O2S. The van der Waals surface area contributed by atoms with Crippen molar-refractivity contribution in [2.75, 3.05) is 0 Å². The van der Waals surface area contributed by atoms with Crippen molar-refractivity contribution in [2.45, 2.75) is 30.4 Å². The van der Waals surface area contributed by atoms with E-state index >= 15 is 0 Å². The Balaban J connectivity index is 2.73. The second-order valence-electron chi connectivity index (χ2n) is 4.26. The third kappa shape index (κ3) is 4.27. The van der Waals surface area contributed by atoms with Gasteiger partial charge in [0.15, 0.2) is 0 Å². The van der Waals surface area contributed by atoms with Crippen molar-refractivity contribution in [2.24, 2.45) is 5.92 Å². The van der Waals surface area contributed by atoms with Crippen molar-refractivity contribution in [3.05, 3.63) is 42.5 Å². The lowest BCUT2D eigenvalue weighted by Crippen LogP contribution is -2.22. The molecule has 0 radical (unpaired) electrons. The molecule has 0 amide bonds. The number of aliphatic carboxylic acids is 1. The van der Waals surface area contributed by atoms with Crippen LogP contribution in [0.15, 0.2) is 41.8 Å². The van der Waals surface area contributed by atoms with Gasteiger partial charge in [-0.25, -0.2) is 0 Å². The van der Waals surface area contributed by atoms with Crippen LogP contribution in [0.25, 0.3) is 0 Å². The van der Waals surface area contributed by atoms with Crippen molar-refractivity contribution < 1.29 is 9.90 Å². The molecule has 0 aliphatic carbocycles. The highest BCUT2D eigenvalue weighted by atomic mass is 32.2. The van der Waals surface area contributed by atoms with Gasteiger partial charge in [-0.2, -0.15) is 0 Å². The molecule has 0 heterocycles. The van der Waals surface area contributed by atoms with E-state index < -0.39 is 5.97 Å². The van der Waals surface area contributed by atoms with E-state index in [1.54, 1.807) is 0 Å². The van der Waals surface area contributed by atoms with Crippen LogP contribution in [0.4, 0.5) is 0 Å².